The number of nitrogens with zero attached hydrogens (tertiary/aromatic N) is 2. The second kappa shape index (κ2) is 13.4. The average molecular weight is 805 g/mol. The van der Waals surface area contributed by atoms with Gasteiger partial charge in [-0.3, -0.25) is 0 Å². The Bertz CT molecular complexity index is 2750. The van der Waals surface area contributed by atoms with Gasteiger partial charge in [-0.25, -0.2) is 0 Å². The lowest BCUT2D eigenvalue weighted by atomic mass is 9.35. The summed E-state index contributed by atoms with van der Waals surface area (Å²) in [6.07, 6.45) is 8.40. The van der Waals surface area contributed by atoms with Crippen LogP contribution in [-0.4, -0.2) is 6.71 Å². The van der Waals surface area contributed by atoms with Crippen LogP contribution >= 0.6 is 11.3 Å². The second-order valence-electron chi connectivity index (χ2n) is 21.9. The Morgan fingerprint density at radius 2 is 1.28 bits per heavy atom. The third kappa shape index (κ3) is 6.02. The first-order valence-electron chi connectivity index (χ1n) is 22.4. The van der Waals surface area contributed by atoms with Gasteiger partial charge in [0, 0.05) is 38.0 Å². The molecule has 4 heteroatoms. The zero-order valence-corrected chi connectivity index (χ0v) is 38.8. The van der Waals surface area contributed by atoms with E-state index in [4.69, 9.17) is 0 Å². The number of thiophene rings is 1. The van der Waals surface area contributed by atoms with Crippen LogP contribution in [0.3, 0.4) is 0 Å². The Morgan fingerprint density at radius 3 is 1.93 bits per heavy atom. The number of para-hydroxylation sites is 1. The molecule has 5 aromatic carbocycles. The van der Waals surface area contributed by atoms with Crippen molar-refractivity contribution in [1.29, 1.82) is 0 Å². The fraction of sp³-hybridized carbons (Fsp3) is 0.357. The summed E-state index contributed by atoms with van der Waals surface area (Å²) in [7, 11) is 0. The summed E-state index contributed by atoms with van der Waals surface area (Å²) in [5.41, 5.74) is 22.1. The first kappa shape index (κ1) is 39.3. The maximum Gasteiger partial charge on any atom is 0.264 e. The summed E-state index contributed by atoms with van der Waals surface area (Å²) < 4.78 is 1.48. The predicted molar refractivity (Wildman–Crippen MR) is 263 cm³/mol. The largest absolute Gasteiger partial charge is 0.311 e. The number of anilines is 6. The Kier molecular flexibility index (Phi) is 8.76. The van der Waals surface area contributed by atoms with Gasteiger partial charge in [-0.2, -0.15) is 0 Å². The van der Waals surface area contributed by atoms with Gasteiger partial charge in [0.25, 0.3) is 6.71 Å². The summed E-state index contributed by atoms with van der Waals surface area (Å²) in [5, 5.41) is 0. The molecule has 0 fully saturated rings. The minimum atomic E-state index is 0.0711. The maximum absolute atomic E-state index is 2.69. The molecule has 2 aliphatic carbocycles. The van der Waals surface area contributed by atoms with E-state index in [1.807, 2.05) is 0 Å². The lowest BCUT2D eigenvalue weighted by molar-refractivity contribution is 0.291. The van der Waals surface area contributed by atoms with Crippen molar-refractivity contribution in [3.63, 3.8) is 0 Å². The molecular formula is C56H61BN2S. The smallest absolute Gasteiger partial charge is 0.264 e. The van der Waals surface area contributed by atoms with Crippen LogP contribution in [0.2, 0.25) is 0 Å². The van der Waals surface area contributed by atoms with Crippen LogP contribution < -0.4 is 25.5 Å². The number of allylic oxidation sites excluding steroid dienone is 1. The van der Waals surface area contributed by atoms with E-state index in [9.17, 15) is 0 Å². The van der Waals surface area contributed by atoms with Crippen LogP contribution in [0.1, 0.15) is 120 Å². The first-order chi connectivity index (χ1) is 28.3. The molecule has 0 saturated carbocycles. The van der Waals surface area contributed by atoms with E-state index in [0.717, 1.165) is 6.42 Å². The summed E-state index contributed by atoms with van der Waals surface area (Å²) in [4.78, 5) is 6.78. The van der Waals surface area contributed by atoms with Crippen molar-refractivity contribution in [2.45, 2.75) is 119 Å². The van der Waals surface area contributed by atoms with Gasteiger partial charge in [0.1, 0.15) is 0 Å². The van der Waals surface area contributed by atoms with Crippen molar-refractivity contribution < 1.29 is 0 Å². The standard InChI is InChI=1S/C56H61BN2S/c1-34-29-47-50-48(30-34)59(45-20-16-15-19-40(45)39-18-14-13-17-35(39)2)46-33-43-42(55(9,10)27-28-56(43,11)12)32-44(46)57(50)52-51(41-31-37(54(6,7)8)23-26-49(41)60-52)58(47)38-24-21-36(22-25-38)53(3,4)5/h13-26,29-30,32-33,37H,27-28,31H2,1-12H3. The van der Waals surface area contributed by atoms with E-state index in [0.29, 0.717) is 5.92 Å². The van der Waals surface area contributed by atoms with Crippen LogP contribution in [0.25, 0.3) is 17.2 Å². The molecular weight excluding hydrogens is 744 g/mol. The molecule has 2 aliphatic heterocycles. The van der Waals surface area contributed by atoms with Crippen molar-refractivity contribution in [2.24, 2.45) is 11.3 Å². The zero-order chi connectivity index (χ0) is 42.3. The number of fused-ring (bicyclic) bond motifs is 7. The second-order valence-corrected chi connectivity index (χ2v) is 23.0. The van der Waals surface area contributed by atoms with Crippen LogP contribution in [0.5, 0.6) is 0 Å². The molecule has 0 amide bonds. The molecule has 0 bridgehead atoms. The van der Waals surface area contributed by atoms with Gasteiger partial charge in [-0.05, 0) is 153 Å². The van der Waals surface area contributed by atoms with Gasteiger partial charge in [0.05, 0.1) is 11.4 Å². The van der Waals surface area contributed by atoms with Crippen molar-refractivity contribution in [1.82, 2.24) is 0 Å². The van der Waals surface area contributed by atoms with Crippen molar-refractivity contribution >= 4 is 74.0 Å². The lowest BCUT2D eigenvalue weighted by Crippen LogP contribution is -2.61. The highest BCUT2D eigenvalue weighted by Crippen LogP contribution is 2.53. The quantitative estimate of drug-likeness (QED) is 0.164. The SMILES string of the molecule is Cc1cc2c3c(c1)N(c1ccc(C(C)(C)C)cc1)c1c(sc4c1CC(C(C)(C)C)C=C4)B3c1cc3c(cc1N2c1ccccc1-c1ccccc1C)C(C)(C)CCC3(C)C. The van der Waals surface area contributed by atoms with Crippen molar-refractivity contribution in [3.8, 4) is 11.1 Å². The number of aryl methyl sites for hydroxylation is 2. The topological polar surface area (TPSA) is 6.48 Å². The van der Waals surface area contributed by atoms with E-state index in [1.54, 1.807) is 0 Å². The summed E-state index contributed by atoms with van der Waals surface area (Å²) in [6.45, 7) is 28.8. The van der Waals surface area contributed by atoms with E-state index in [2.05, 4.69) is 213 Å². The first-order valence-corrected chi connectivity index (χ1v) is 23.2. The Labute approximate surface area is 364 Å². The molecule has 6 aromatic rings. The van der Waals surface area contributed by atoms with Crippen LogP contribution in [-0.2, 0) is 22.7 Å². The van der Waals surface area contributed by atoms with Gasteiger partial charge >= 0.3 is 0 Å². The Hall–Kier alpha value is -4.80. The highest BCUT2D eigenvalue weighted by Gasteiger charge is 2.49. The van der Waals surface area contributed by atoms with Crippen molar-refractivity contribution in [3.05, 3.63) is 141 Å². The van der Waals surface area contributed by atoms with E-state index in [-0.39, 0.29) is 28.4 Å². The normalized spacial score (nSPS) is 18.4. The monoisotopic (exact) mass is 804 g/mol. The van der Waals surface area contributed by atoms with Crippen LogP contribution in [0.15, 0.2) is 103 Å². The lowest BCUT2D eigenvalue weighted by Gasteiger charge is -2.47. The zero-order valence-electron chi connectivity index (χ0n) is 38.0. The molecule has 0 spiro atoms. The molecule has 0 radical (unpaired) electrons. The van der Waals surface area contributed by atoms with E-state index in [1.165, 1.54) is 112 Å². The average Bonchev–Trinajstić information content (AvgIpc) is 3.57. The molecule has 10 rings (SSSR count). The summed E-state index contributed by atoms with van der Waals surface area (Å²) in [5.74, 6) is 0.463. The summed E-state index contributed by atoms with van der Waals surface area (Å²) in [6, 6.07) is 37.9. The van der Waals surface area contributed by atoms with E-state index < -0.39 is 0 Å². The molecule has 60 heavy (non-hydrogen) atoms. The van der Waals surface area contributed by atoms with Gasteiger partial charge in [-0.1, -0.05) is 136 Å². The highest BCUT2D eigenvalue weighted by atomic mass is 32.1. The minimum absolute atomic E-state index is 0.0711. The molecule has 1 atom stereocenters. The molecule has 4 aliphatic rings. The van der Waals surface area contributed by atoms with Gasteiger partial charge in [0.15, 0.2) is 0 Å². The van der Waals surface area contributed by atoms with Gasteiger partial charge < -0.3 is 9.80 Å². The number of hydrogen-bond donors (Lipinski definition) is 0. The van der Waals surface area contributed by atoms with Gasteiger partial charge in [0.2, 0.25) is 0 Å². The third-order valence-corrected chi connectivity index (χ3v) is 16.0. The molecule has 1 unspecified atom stereocenters. The Morgan fingerprint density at radius 1 is 0.667 bits per heavy atom. The molecule has 3 heterocycles. The number of rotatable bonds is 3. The molecule has 2 nitrogen and oxygen atoms in total. The number of hydrogen-bond acceptors (Lipinski definition) is 3. The predicted octanol–water partition coefficient (Wildman–Crippen LogP) is 14.0. The fourth-order valence-electron chi connectivity index (χ4n) is 10.9. The molecule has 1 aromatic heterocycles. The van der Waals surface area contributed by atoms with Gasteiger partial charge in [-0.15, -0.1) is 11.3 Å². The van der Waals surface area contributed by atoms with Crippen molar-refractivity contribution in [2.75, 3.05) is 9.80 Å². The fourth-order valence-corrected chi connectivity index (χ4v) is 12.3. The van der Waals surface area contributed by atoms with Crippen LogP contribution in [0, 0.1) is 25.2 Å². The highest BCUT2D eigenvalue weighted by molar-refractivity contribution is 7.29. The van der Waals surface area contributed by atoms with E-state index >= 15 is 0 Å². The number of benzene rings is 5. The molecule has 304 valence electrons. The Balaban J connectivity index is 1.32. The molecule has 0 N–H and O–H groups in total. The summed E-state index contributed by atoms with van der Waals surface area (Å²) >= 11 is 2.05. The molecule has 0 saturated heterocycles. The maximum atomic E-state index is 2.69. The third-order valence-electron chi connectivity index (χ3n) is 14.7. The minimum Gasteiger partial charge on any atom is -0.311 e. The van der Waals surface area contributed by atoms with Crippen LogP contribution in [0.4, 0.5) is 34.1 Å².